The number of fused-ring (bicyclic) bond motifs is 1. The first-order valence-corrected chi connectivity index (χ1v) is 4.03. The molecule has 4 heteroatoms. The van der Waals surface area contributed by atoms with Crippen molar-refractivity contribution in [2.75, 3.05) is 5.73 Å². The highest BCUT2D eigenvalue weighted by atomic mass is 32.2. The molecule has 0 aliphatic carbocycles. The second-order valence-corrected chi connectivity index (χ2v) is 3.05. The summed E-state index contributed by atoms with van der Waals surface area (Å²) >= 11 is 1.54. The van der Waals surface area contributed by atoms with Gasteiger partial charge in [0.25, 0.3) is 0 Å². The minimum atomic E-state index is 0.566. The van der Waals surface area contributed by atoms with E-state index in [9.17, 15) is 0 Å². The molecular weight excluding hydrogens is 158 g/mol. The SMILES string of the molecule is Nc1ccc2c(n1)C=CNS2. The van der Waals surface area contributed by atoms with Crippen LogP contribution in [-0.2, 0) is 0 Å². The highest BCUT2D eigenvalue weighted by molar-refractivity contribution is 7.97. The second-order valence-electron chi connectivity index (χ2n) is 2.17. The Kier molecular flexibility index (Phi) is 1.47. The Balaban J connectivity index is 2.54. The summed E-state index contributed by atoms with van der Waals surface area (Å²) in [6.45, 7) is 0. The molecule has 0 spiro atoms. The van der Waals surface area contributed by atoms with E-state index in [2.05, 4.69) is 9.71 Å². The molecule has 0 atom stereocenters. The summed E-state index contributed by atoms with van der Waals surface area (Å²) in [6.07, 6.45) is 3.75. The number of nitrogens with one attached hydrogen (secondary N) is 1. The third-order valence-electron chi connectivity index (χ3n) is 1.39. The van der Waals surface area contributed by atoms with E-state index in [0.29, 0.717) is 5.82 Å². The summed E-state index contributed by atoms with van der Waals surface area (Å²) in [5.41, 5.74) is 6.45. The molecule has 0 amide bonds. The van der Waals surface area contributed by atoms with Crippen LogP contribution in [0.5, 0.6) is 0 Å². The lowest BCUT2D eigenvalue weighted by molar-refractivity contribution is 1.18. The van der Waals surface area contributed by atoms with Crippen molar-refractivity contribution in [3.05, 3.63) is 24.0 Å². The quantitative estimate of drug-likeness (QED) is 0.568. The van der Waals surface area contributed by atoms with Gasteiger partial charge in [0.1, 0.15) is 5.82 Å². The van der Waals surface area contributed by atoms with Crippen LogP contribution >= 0.6 is 11.9 Å². The van der Waals surface area contributed by atoms with Gasteiger partial charge in [-0.25, -0.2) is 4.98 Å². The average molecular weight is 165 g/mol. The Hall–Kier alpha value is -1.16. The monoisotopic (exact) mass is 165 g/mol. The van der Waals surface area contributed by atoms with Crippen molar-refractivity contribution in [1.82, 2.24) is 9.71 Å². The maximum absolute atomic E-state index is 5.51. The number of nitrogens with zero attached hydrogens (tertiary/aromatic N) is 1. The zero-order chi connectivity index (χ0) is 7.68. The van der Waals surface area contributed by atoms with Crippen LogP contribution in [0.2, 0.25) is 0 Å². The van der Waals surface area contributed by atoms with Crippen LogP contribution in [0, 0.1) is 0 Å². The van der Waals surface area contributed by atoms with Crippen molar-refractivity contribution in [2.45, 2.75) is 4.90 Å². The second kappa shape index (κ2) is 2.47. The molecule has 2 heterocycles. The summed E-state index contributed by atoms with van der Waals surface area (Å²) in [5.74, 6) is 0.566. The fourth-order valence-electron chi connectivity index (χ4n) is 0.894. The third-order valence-corrected chi connectivity index (χ3v) is 2.20. The van der Waals surface area contributed by atoms with Crippen molar-refractivity contribution in [3.8, 4) is 0 Å². The molecule has 0 aromatic carbocycles. The van der Waals surface area contributed by atoms with E-state index in [4.69, 9.17) is 5.73 Å². The van der Waals surface area contributed by atoms with Crippen molar-refractivity contribution in [2.24, 2.45) is 0 Å². The van der Waals surface area contributed by atoms with Gasteiger partial charge in [0, 0.05) is 6.20 Å². The maximum Gasteiger partial charge on any atom is 0.124 e. The van der Waals surface area contributed by atoms with Crippen LogP contribution in [0.3, 0.4) is 0 Å². The van der Waals surface area contributed by atoms with Gasteiger partial charge in [0.05, 0.1) is 10.6 Å². The lowest BCUT2D eigenvalue weighted by Crippen LogP contribution is -2.01. The summed E-state index contributed by atoms with van der Waals surface area (Å²) < 4.78 is 3.02. The molecule has 0 saturated carbocycles. The van der Waals surface area contributed by atoms with Crippen molar-refractivity contribution in [3.63, 3.8) is 0 Å². The number of rotatable bonds is 0. The van der Waals surface area contributed by atoms with E-state index in [1.165, 1.54) is 0 Å². The number of nitrogens with two attached hydrogens (primary N) is 1. The van der Waals surface area contributed by atoms with Gasteiger partial charge in [0.2, 0.25) is 0 Å². The first-order chi connectivity index (χ1) is 5.36. The zero-order valence-corrected chi connectivity index (χ0v) is 6.56. The van der Waals surface area contributed by atoms with Crippen LogP contribution in [0.4, 0.5) is 5.82 Å². The molecule has 3 N–H and O–H groups in total. The van der Waals surface area contributed by atoms with E-state index in [1.807, 2.05) is 18.3 Å². The highest BCUT2D eigenvalue weighted by Gasteiger charge is 2.04. The van der Waals surface area contributed by atoms with E-state index >= 15 is 0 Å². The molecule has 1 aliphatic rings. The Morgan fingerprint density at radius 1 is 1.45 bits per heavy atom. The van der Waals surface area contributed by atoms with Gasteiger partial charge in [-0.1, -0.05) is 0 Å². The molecule has 2 rings (SSSR count). The molecule has 3 nitrogen and oxygen atoms in total. The number of aromatic nitrogens is 1. The van der Waals surface area contributed by atoms with Gasteiger partial charge in [0.15, 0.2) is 0 Å². The van der Waals surface area contributed by atoms with Crippen molar-refractivity contribution in [1.29, 1.82) is 0 Å². The molecule has 0 unspecified atom stereocenters. The number of pyridine rings is 1. The summed E-state index contributed by atoms with van der Waals surface area (Å²) in [7, 11) is 0. The number of nitrogen functional groups attached to an aromatic ring is 1. The molecular formula is C7H7N3S. The van der Waals surface area contributed by atoms with Gasteiger partial charge in [-0.05, 0) is 30.2 Å². The van der Waals surface area contributed by atoms with Gasteiger partial charge in [-0.15, -0.1) is 0 Å². The van der Waals surface area contributed by atoms with Gasteiger partial charge in [-0.2, -0.15) is 0 Å². The first-order valence-electron chi connectivity index (χ1n) is 3.22. The highest BCUT2D eigenvalue weighted by Crippen LogP contribution is 2.23. The first kappa shape index (κ1) is 6.54. The maximum atomic E-state index is 5.51. The molecule has 56 valence electrons. The molecule has 0 bridgehead atoms. The van der Waals surface area contributed by atoms with E-state index in [1.54, 1.807) is 18.0 Å². The van der Waals surface area contributed by atoms with Gasteiger partial charge >= 0.3 is 0 Å². The molecule has 1 aromatic rings. The minimum Gasteiger partial charge on any atom is -0.384 e. The fraction of sp³-hybridized carbons (Fsp3) is 0. The fourth-order valence-corrected chi connectivity index (χ4v) is 1.51. The van der Waals surface area contributed by atoms with Gasteiger partial charge in [-0.3, -0.25) is 0 Å². The number of hydrogen-bond donors (Lipinski definition) is 2. The van der Waals surface area contributed by atoms with Gasteiger partial charge < -0.3 is 10.5 Å². The summed E-state index contributed by atoms with van der Waals surface area (Å²) in [4.78, 5) is 5.26. The van der Waals surface area contributed by atoms with Crippen LogP contribution in [0.25, 0.3) is 6.08 Å². The lowest BCUT2D eigenvalue weighted by atomic mass is 10.3. The zero-order valence-electron chi connectivity index (χ0n) is 5.74. The molecule has 0 radical (unpaired) electrons. The molecule has 1 aliphatic heterocycles. The minimum absolute atomic E-state index is 0.566. The number of hydrogen-bond acceptors (Lipinski definition) is 4. The number of anilines is 1. The Labute approximate surface area is 68.8 Å². The van der Waals surface area contributed by atoms with Crippen molar-refractivity contribution < 1.29 is 0 Å². The van der Waals surface area contributed by atoms with E-state index in [0.717, 1.165) is 10.6 Å². The Bertz CT molecular complexity index is 309. The molecule has 1 aromatic heterocycles. The average Bonchev–Trinajstić information content (AvgIpc) is 2.04. The van der Waals surface area contributed by atoms with Crippen LogP contribution < -0.4 is 10.5 Å². The van der Waals surface area contributed by atoms with Crippen LogP contribution in [-0.4, -0.2) is 4.98 Å². The van der Waals surface area contributed by atoms with Crippen LogP contribution in [0.15, 0.2) is 23.2 Å². The van der Waals surface area contributed by atoms with E-state index in [-0.39, 0.29) is 0 Å². The van der Waals surface area contributed by atoms with Crippen molar-refractivity contribution >= 4 is 23.8 Å². The molecule has 0 fully saturated rings. The molecule has 11 heavy (non-hydrogen) atoms. The Morgan fingerprint density at radius 2 is 2.36 bits per heavy atom. The Morgan fingerprint density at radius 3 is 3.27 bits per heavy atom. The topological polar surface area (TPSA) is 50.9 Å². The van der Waals surface area contributed by atoms with Crippen LogP contribution in [0.1, 0.15) is 5.69 Å². The molecule has 0 saturated heterocycles. The predicted molar refractivity (Wildman–Crippen MR) is 46.7 cm³/mol. The largest absolute Gasteiger partial charge is 0.384 e. The predicted octanol–water partition coefficient (Wildman–Crippen LogP) is 1.24. The summed E-state index contributed by atoms with van der Waals surface area (Å²) in [5, 5.41) is 0. The smallest absolute Gasteiger partial charge is 0.124 e. The normalized spacial score (nSPS) is 13.8. The van der Waals surface area contributed by atoms with E-state index < -0.39 is 0 Å². The standard InChI is InChI=1S/C7H7N3S/c8-7-2-1-6-5(10-7)3-4-9-11-6/h1-4,9H,(H2,8,10). The lowest BCUT2D eigenvalue weighted by Gasteiger charge is -2.09. The third kappa shape index (κ3) is 1.17. The summed E-state index contributed by atoms with van der Waals surface area (Å²) in [6, 6.07) is 3.76.